The van der Waals surface area contributed by atoms with Crippen molar-refractivity contribution in [3.8, 4) is 10.7 Å². The minimum atomic E-state index is -3.04. The lowest BCUT2D eigenvalue weighted by Crippen LogP contribution is -2.38. The van der Waals surface area contributed by atoms with Gasteiger partial charge in [-0.25, -0.2) is 17.7 Å². The molecule has 0 aliphatic carbocycles. The maximum Gasteiger partial charge on any atom is 0.211 e. The highest BCUT2D eigenvalue weighted by molar-refractivity contribution is 7.88. The Hall–Kier alpha value is -1.31. The third-order valence-electron chi connectivity index (χ3n) is 4.23. The van der Waals surface area contributed by atoms with Gasteiger partial charge in [0.15, 0.2) is 0 Å². The molecule has 5 nitrogen and oxygen atoms in total. The van der Waals surface area contributed by atoms with Gasteiger partial charge in [0.25, 0.3) is 0 Å². The van der Waals surface area contributed by atoms with Gasteiger partial charge in [-0.05, 0) is 43.7 Å². The average molecular weight is 351 g/mol. The van der Waals surface area contributed by atoms with E-state index in [-0.39, 0.29) is 0 Å². The summed E-state index contributed by atoms with van der Waals surface area (Å²) in [6.45, 7) is 3.25. The SMILES string of the molecule is Cc1csc(-c2ccc(CC3CCN(S(C)(=O)=O)CC3)cn2)n1. The first-order valence-electron chi connectivity index (χ1n) is 7.74. The molecule has 23 heavy (non-hydrogen) atoms. The third kappa shape index (κ3) is 4.16. The summed E-state index contributed by atoms with van der Waals surface area (Å²) >= 11 is 1.61. The Bertz CT molecular complexity index is 761. The summed E-state index contributed by atoms with van der Waals surface area (Å²) in [6, 6.07) is 4.14. The van der Waals surface area contributed by atoms with Gasteiger partial charge in [0.1, 0.15) is 5.01 Å². The molecule has 0 atom stereocenters. The van der Waals surface area contributed by atoms with Crippen LogP contribution < -0.4 is 0 Å². The Morgan fingerprint density at radius 3 is 2.57 bits per heavy atom. The lowest BCUT2D eigenvalue weighted by Gasteiger charge is -2.30. The maximum atomic E-state index is 11.5. The highest BCUT2D eigenvalue weighted by Gasteiger charge is 2.24. The Balaban J connectivity index is 1.59. The number of piperidine rings is 1. The van der Waals surface area contributed by atoms with E-state index in [0.717, 1.165) is 35.7 Å². The van der Waals surface area contributed by atoms with Crippen LogP contribution >= 0.6 is 11.3 Å². The van der Waals surface area contributed by atoms with E-state index in [1.165, 1.54) is 11.8 Å². The molecule has 0 unspecified atom stereocenters. The van der Waals surface area contributed by atoms with Gasteiger partial charge in [0, 0.05) is 30.4 Å². The van der Waals surface area contributed by atoms with Crippen LogP contribution in [0.2, 0.25) is 0 Å². The van der Waals surface area contributed by atoms with Crippen LogP contribution in [0.5, 0.6) is 0 Å². The smallest absolute Gasteiger partial charge is 0.211 e. The molecule has 0 saturated carbocycles. The zero-order valence-electron chi connectivity index (χ0n) is 13.4. The zero-order valence-corrected chi connectivity index (χ0v) is 15.0. The zero-order chi connectivity index (χ0) is 16.4. The summed E-state index contributed by atoms with van der Waals surface area (Å²) in [5, 5.41) is 2.98. The molecule has 1 aliphatic heterocycles. The molecule has 0 bridgehead atoms. The van der Waals surface area contributed by atoms with E-state index in [4.69, 9.17) is 0 Å². The summed E-state index contributed by atoms with van der Waals surface area (Å²) < 4.78 is 24.7. The van der Waals surface area contributed by atoms with Crippen LogP contribution in [-0.2, 0) is 16.4 Å². The van der Waals surface area contributed by atoms with Crippen LogP contribution in [0, 0.1) is 12.8 Å². The molecular formula is C16H21N3O2S2. The molecule has 2 aromatic rings. The predicted molar refractivity (Wildman–Crippen MR) is 92.9 cm³/mol. The van der Waals surface area contributed by atoms with Crippen molar-refractivity contribution in [3.63, 3.8) is 0 Å². The number of aromatic nitrogens is 2. The van der Waals surface area contributed by atoms with Gasteiger partial charge in [0.2, 0.25) is 10.0 Å². The lowest BCUT2D eigenvalue weighted by atomic mass is 9.91. The van der Waals surface area contributed by atoms with Crippen molar-refractivity contribution < 1.29 is 8.42 Å². The second-order valence-electron chi connectivity index (χ2n) is 6.16. The van der Waals surface area contributed by atoms with Gasteiger partial charge in [-0.1, -0.05) is 6.07 Å². The number of hydrogen-bond donors (Lipinski definition) is 0. The van der Waals surface area contributed by atoms with Crippen molar-refractivity contribution in [3.05, 3.63) is 35.0 Å². The highest BCUT2D eigenvalue weighted by Crippen LogP contribution is 2.25. The van der Waals surface area contributed by atoms with Crippen molar-refractivity contribution in [2.24, 2.45) is 5.92 Å². The second kappa shape index (κ2) is 6.67. The Morgan fingerprint density at radius 2 is 2.04 bits per heavy atom. The molecule has 3 heterocycles. The van der Waals surface area contributed by atoms with E-state index in [2.05, 4.69) is 16.0 Å². The second-order valence-corrected chi connectivity index (χ2v) is 9.00. The summed E-state index contributed by atoms with van der Waals surface area (Å²) in [5.74, 6) is 0.530. The van der Waals surface area contributed by atoms with E-state index < -0.39 is 10.0 Å². The first kappa shape index (κ1) is 16.5. The number of thiazole rings is 1. The minimum absolute atomic E-state index is 0.530. The van der Waals surface area contributed by atoms with Gasteiger partial charge < -0.3 is 0 Å². The Morgan fingerprint density at radius 1 is 1.30 bits per heavy atom. The predicted octanol–water partition coefficient (Wildman–Crippen LogP) is 2.73. The van der Waals surface area contributed by atoms with Crippen LogP contribution in [0.3, 0.4) is 0 Å². The number of sulfonamides is 1. The minimum Gasteiger partial charge on any atom is -0.253 e. The molecule has 3 rings (SSSR count). The van der Waals surface area contributed by atoms with Crippen molar-refractivity contribution >= 4 is 21.4 Å². The van der Waals surface area contributed by atoms with Crippen molar-refractivity contribution in [1.82, 2.24) is 14.3 Å². The first-order valence-corrected chi connectivity index (χ1v) is 10.5. The van der Waals surface area contributed by atoms with Gasteiger partial charge in [-0.3, -0.25) is 4.98 Å². The van der Waals surface area contributed by atoms with Crippen LogP contribution in [0.15, 0.2) is 23.7 Å². The van der Waals surface area contributed by atoms with Crippen molar-refractivity contribution in [2.75, 3.05) is 19.3 Å². The van der Waals surface area contributed by atoms with E-state index in [9.17, 15) is 8.42 Å². The summed E-state index contributed by atoms with van der Waals surface area (Å²) in [6.07, 6.45) is 6.01. The molecule has 0 radical (unpaired) electrons. The molecule has 7 heteroatoms. The standard InChI is InChI=1S/C16H21N3O2S2/c1-12-11-22-16(18-12)15-4-3-14(10-17-15)9-13-5-7-19(8-6-13)23(2,20)21/h3-4,10-11,13H,5-9H2,1-2H3. The monoisotopic (exact) mass is 351 g/mol. The molecule has 0 spiro atoms. The molecular weight excluding hydrogens is 330 g/mol. The molecule has 1 fully saturated rings. The van der Waals surface area contributed by atoms with Gasteiger partial charge in [-0.2, -0.15) is 0 Å². The highest BCUT2D eigenvalue weighted by atomic mass is 32.2. The quantitative estimate of drug-likeness (QED) is 0.850. The van der Waals surface area contributed by atoms with Gasteiger partial charge in [0.05, 0.1) is 11.9 Å². The van der Waals surface area contributed by atoms with E-state index in [0.29, 0.717) is 19.0 Å². The van der Waals surface area contributed by atoms with Gasteiger partial charge >= 0.3 is 0 Å². The fourth-order valence-corrected chi connectivity index (χ4v) is 4.57. The summed E-state index contributed by atoms with van der Waals surface area (Å²) in [4.78, 5) is 8.97. The Labute approximate surface area is 141 Å². The van der Waals surface area contributed by atoms with Crippen molar-refractivity contribution in [1.29, 1.82) is 0 Å². The van der Waals surface area contributed by atoms with Gasteiger partial charge in [-0.15, -0.1) is 11.3 Å². The van der Waals surface area contributed by atoms with E-state index in [1.807, 2.05) is 24.6 Å². The molecule has 124 valence electrons. The number of pyridine rings is 1. The molecule has 0 N–H and O–H groups in total. The van der Waals surface area contributed by atoms with Crippen molar-refractivity contribution in [2.45, 2.75) is 26.2 Å². The topological polar surface area (TPSA) is 63.2 Å². The first-order chi connectivity index (χ1) is 10.9. The maximum absolute atomic E-state index is 11.5. The average Bonchev–Trinajstić information content (AvgIpc) is 2.94. The van der Waals surface area contributed by atoms with Crippen LogP contribution in [0.4, 0.5) is 0 Å². The normalized spacial score (nSPS) is 17.5. The summed E-state index contributed by atoms with van der Waals surface area (Å²) in [5.41, 5.74) is 3.15. The number of nitrogens with zero attached hydrogens (tertiary/aromatic N) is 3. The summed E-state index contributed by atoms with van der Waals surface area (Å²) in [7, 11) is -3.04. The molecule has 0 aromatic carbocycles. The third-order valence-corrected chi connectivity index (χ3v) is 6.52. The van der Waals surface area contributed by atoms with Crippen LogP contribution in [-0.4, -0.2) is 42.0 Å². The van der Waals surface area contributed by atoms with Crippen LogP contribution in [0.1, 0.15) is 24.1 Å². The Kier molecular flexibility index (Phi) is 4.79. The number of rotatable bonds is 4. The fourth-order valence-electron chi connectivity index (χ4n) is 2.92. The van der Waals surface area contributed by atoms with E-state index >= 15 is 0 Å². The fraction of sp³-hybridized carbons (Fsp3) is 0.500. The molecule has 1 saturated heterocycles. The largest absolute Gasteiger partial charge is 0.253 e. The van der Waals surface area contributed by atoms with E-state index in [1.54, 1.807) is 15.6 Å². The molecule has 1 aliphatic rings. The van der Waals surface area contributed by atoms with Crippen LogP contribution in [0.25, 0.3) is 10.7 Å². The number of aryl methyl sites for hydroxylation is 1. The number of hydrogen-bond acceptors (Lipinski definition) is 5. The lowest BCUT2D eigenvalue weighted by molar-refractivity contribution is 0.274. The molecule has 2 aromatic heterocycles. The molecule has 0 amide bonds.